The number of nitrogens with zero attached hydrogens (tertiary/aromatic N) is 2. The molecule has 0 amide bonds. The SMILES string of the molecule is COc1cc([C@H]2C(C#N)=C(N)N(C)C3=C2C(=O)CCC3)ccc1OCc1cccc2ccccc12. The molecule has 176 valence electrons. The number of allylic oxidation sites excluding steroid dienone is 3. The van der Waals surface area contributed by atoms with E-state index in [1.807, 2.05) is 43.4 Å². The number of nitriles is 1. The minimum absolute atomic E-state index is 0.0681. The van der Waals surface area contributed by atoms with Crippen LogP contribution in [0.15, 0.2) is 83.3 Å². The van der Waals surface area contributed by atoms with Crippen LogP contribution in [0.3, 0.4) is 0 Å². The Morgan fingerprint density at radius 3 is 2.69 bits per heavy atom. The van der Waals surface area contributed by atoms with Crippen molar-refractivity contribution >= 4 is 16.6 Å². The van der Waals surface area contributed by atoms with E-state index in [0.29, 0.717) is 41.5 Å². The molecule has 1 aliphatic carbocycles. The first kappa shape index (κ1) is 22.5. The summed E-state index contributed by atoms with van der Waals surface area (Å²) in [7, 11) is 3.41. The highest BCUT2D eigenvalue weighted by atomic mass is 16.5. The lowest BCUT2D eigenvalue weighted by Gasteiger charge is -2.37. The summed E-state index contributed by atoms with van der Waals surface area (Å²) >= 11 is 0. The molecule has 0 fully saturated rings. The summed E-state index contributed by atoms with van der Waals surface area (Å²) in [5.41, 5.74) is 10.2. The van der Waals surface area contributed by atoms with Crippen molar-refractivity contribution in [3.05, 3.63) is 94.5 Å². The quantitative estimate of drug-likeness (QED) is 0.560. The Labute approximate surface area is 204 Å². The van der Waals surface area contributed by atoms with Gasteiger partial charge in [0.1, 0.15) is 12.4 Å². The summed E-state index contributed by atoms with van der Waals surface area (Å²) in [5.74, 6) is 1.08. The van der Waals surface area contributed by atoms with E-state index in [0.717, 1.165) is 40.4 Å². The van der Waals surface area contributed by atoms with E-state index in [-0.39, 0.29) is 5.78 Å². The highest BCUT2D eigenvalue weighted by Gasteiger charge is 2.38. The lowest BCUT2D eigenvalue weighted by atomic mass is 9.76. The Morgan fingerprint density at radius 1 is 1.09 bits per heavy atom. The largest absolute Gasteiger partial charge is 0.493 e. The first-order valence-corrected chi connectivity index (χ1v) is 11.7. The molecule has 35 heavy (non-hydrogen) atoms. The fraction of sp³-hybridized carbons (Fsp3) is 0.241. The maximum atomic E-state index is 13.0. The molecule has 1 aliphatic heterocycles. The van der Waals surface area contributed by atoms with Gasteiger partial charge in [0.2, 0.25) is 0 Å². The van der Waals surface area contributed by atoms with Crippen molar-refractivity contribution in [2.75, 3.05) is 14.2 Å². The Morgan fingerprint density at radius 2 is 1.89 bits per heavy atom. The average Bonchev–Trinajstić information content (AvgIpc) is 2.89. The molecule has 3 aromatic rings. The van der Waals surface area contributed by atoms with Gasteiger partial charge < -0.3 is 20.1 Å². The molecule has 1 atom stereocenters. The number of methoxy groups -OCH3 is 1. The van der Waals surface area contributed by atoms with Gasteiger partial charge in [0.25, 0.3) is 0 Å². The summed E-state index contributed by atoms with van der Waals surface area (Å²) in [5, 5.41) is 12.3. The number of fused-ring (bicyclic) bond motifs is 1. The van der Waals surface area contributed by atoms with E-state index in [1.165, 1.54) is 0 Å². The van der Waals surface area contributed by atoms with Gasteiger partial charge in [0.05, 0.1) is 24.7 Å². The van der Waals surface area contributed by atoms with Crippen molar-refractivity contribution in [3.63, 3.8) is 0 Å². The number of hydrogen-bond donors (Lipinski definition) is 1. The second kappa shape index (κ2) is 9.19. The van der Waals surface area contributed by atoms with Crippen molar-refractivity contribution in [2.45, 2.75) is 31.8 Å². The highest BCUT2D eigenvalue weighted by molar-refractivity contribution is 5.99. The first-order chi connectivity index (χ1) is 17.0. The molecule has 0 saturated heterocycles. The summed E-state index contributed by atoms with van der Waals surface area (Å²) in [6, 6.07) is 22.2. The molecule has 6 heteroatoms. The number of ketones is 1. The minimum atomic E-state index is -0.514. The van der Waals surface area contributed by atoms with Crippen LogP contribution in [0.2, 0.25) is 0 Å². The number of hydrogen-bond acceptors (Lipinski definition) is 6. The zero-order valence-electron chi connectivity index (χ0n) is 19.9. The smallest absolute Gasteiger partial charge is 0.161 e. The van der Waals surface area contributed by atoms with Gasteiger partial charge in [-0.2, -0.15) is 5.26 Å². The predicted molar refractivity (Wildman–Crippen MR) is 134 cm³/mol. The molecule has 0 aromatic heterocycles. The normalized spacial score (nSPS) is 17.9. The summed E-state index contributed by atoms with van der Waals surface area (Å²) in [6.07, 6.45) is 2.02. The van der Waals surface area contributed by atoms with Gasteiger partial charge in [-0.1, -0.05) is 48.5 Å². The number of carbonyl (C=O) groups excluding carboxylic acids is 1. The van der Waals surface area contributed by atoms with Gasteiger partial charge in [-0.3, -0.25) is 4.79 Å². The summed E-state index contributed by atoms with van der Waals surface area (Å²) < 4.78 is 11.8. The number of nitrogens with two attached hydrogens (primary N) is 1. The van der Waals surface area contributed by atoms with Crippen LogP contribution in [0.4, 0.5) is 0 Å². The third kappa shape index (κ3) is 3.89. The van der Waals surface area contributed by atoms with Gasteiger partial charge in [0.15, 0.2) is 17.3 Å². The Kier molecular flexibility index (Phi) is 5.92. The Hall–Kier alpha value is -4.24. The number of benzene rings is 3. The highest BCUT2D eigenvalue weighted by Crippen LogP contribution is 2.45. The van der Waals surface area contributed by atoms with Gasteiger partial charge >= 0.3 is 0 Å². The van der Waals surface area contributed by atoms with Crippen molar-refractivity contribution < 1.29 is 14.3 Å². The van der Waals surface area contributed by atoms with Gasteiger partial charge in [-0.15, -0.1) is 0 Å². The number of Topliss-reactive ketones (excluding diaryl/α,β-unsaturated/α-hetero) is 1. The third-order valence-corrected chi connectivity index (χ3v) is 6.95. The van der Waals surface area contributed by atoms with E-state index in [9.17, 15) is 10.1 Å². The van der Waals surface area contributed by atoms with Crippen molar-refractivity contribution in [1.82, 2.24) is 4.90 Å². The monoisotopic (exact) mass is 465 g/mol. The van der Waals surface area contributed by atoms with Crippen molar-refractivity contribution in [1.29, 1.82) is 5.26 Å². The van der Waals surface area contributed by atoms with Crippen LogP contribution in [-0.4, -0.2) is 24.8 Å². The molecular weight excluding hydrogens is 438 g/mol. The van der Waals surface area contributed by atoms with Crippen LogP contribution in [0, 0.1) is 11.3 Å². The fourth-order valence-electron chi connectivity index (χ4n) is 5.15. The lowest BCUT2D eigenvalue weighted by molar-refractivity contribution is -0.116. The molecule has 3 aromatic carbocycles. The van der Waals surface area contributed by atoms with Crippen LogP contribution in [0.1, 0.15) is 36.3 Å². The molecule has 5 rings (SSSR count). The zero-order chi connectivity index (χ0) is 24.5. The van der Waals surface area contributed by atoms with Crippen LogP contribution in [0.25, 0.3) is 10.8 Å². The molecule has 0 spiro atoms. The van der Waals surface area contributed by atoms with Gasteiger partial charge in [-0.05, 0) is 46.9 Å². The van der Waals surface area contributed by atoms with E-state index < -0.39 is 5.92 Å². The zero-order valence-corrected chi connectivity index (χ0v) is 19.9. The lowest BCUT2D eigenvalue weighted by Crippen LogP contribution is -2.36. The second-order valence-electron chi connectivity index (χ2n) is 8.88. The summed E-state index contributed by atoms with van der Waals surface area (Å²) in [6.45, 7) is 0.384. The van der Waals surface area contributed by atoms with Crippen LogP contribution < -0.4 is 15.2 Å². The molecule has 0 unspecified atom stereocenters. The summed E-state index contributed by atoms with van der Waals surface area (Å²) in [4.78, 5) is 14.8. The molecule has 0 bridgehead atoms. The standard InChI is InChI=1S/C29H27N3O3/c1-32-23-11-6-12-24(33)28(23)27(22(16-30)29(32)31)19-13-14-25(26(15-19)34-2)35-17-20-9-5-8-18-7-3-4-10-21(18)20/h3-5,7-10,13-15,27H,6,11-12,17,31H2,1-2H3/t27-/m0/s1. The Bertz CT molecular complexity index is 1430. The van der Waals surface area contributed by atoms with Crippen molar-refractivity contribution in [3.8, 4) is 17.6 Å². The molecule has 2 aliphatic rings. The van der Waals surface area contributed by atoms with Crippen LogP contribution in [-0.2, 0) is 11.4 Å². The molecule has 6 nitrogen and oxygen atoms in total. The van der Waals surface area contributed by atoms with E-state index >= 15 is 0 Å². The molecular formula is C29H27N3O3. The first-order valence-electron chi connectivity index (χ1n) is 11.7. The number of carbonyl (C=O) groups is 1. The maximum Gasteiger partial charge on any atom is 0.161 e. The fourth-order valence-corrected chi connectivity index (χ4v) is 5.15. The van der Waals surface area contributed by atoms with E-state index in [2.05, 4.69) is 30.3 Å². The van der Waals surface area contributed by atoms with Gasteiger partial charge in [-0.25, -0.2) is 0 Å². The third-order valence-electron chi connectivity index (χ3n) is 6.95. The molecule has 0 saturated carbocycles. The maximum absolute atomic E-state index is 13.0. The minimum Gasteiger partial charge on any atom is -0.493 e. The molecule has 0 radical (unpaired) electrons. The number of ether oxygens (including phenoxy) is 2. The van der Waals surface area contributed by atoms with Crippen molar-refractivity contribution in [2.24, 2.45) is 5.73 Å². The number of rotatable bonds is 5. The van der Waals surface area contributed by atoms with Crippen LogP contribution in [0.5, 0.6) is 11.5 Å². The molecule has 2 N–H and O–H groups in total. The van der Waals surface area contributed by atoms with E-state index in [4.69, 9.17) is 15.2 Å². The van der Waals surface area contributed by atoms with Crippen LogP contribution >= 0.6 is 0 Å². The predicted octanol–water partition coefficient (Wildman–Crippen LogP) is 5.16. The second-order valence-corrected chi connectivity index (χ2v) is 8.88. The van der Waals surface area contributed by atoms with Gasteiger partial charge in [0, 0.05) is 24.7 Å². The average molecular weight is 466 g/mol. The molecule has 1 heterocycles. The van der Waals surface area contributed by atoms with E-state index in [1.54, 1.807) is 12.0 Å². The Balaban J connectivity index is 1.50. The topological polar surface area (TPSA) is 88.6 Å².